The molecule has 17 heavy (non-hydrogen) atoms. The van der Waals surface area contributed by atoms with Gasteiger partial charge in [-0.3, -0.25) is 4.57 Å². The number of rotatable bonds is 6. The van der Waals surface area contributed by atoms with Crippen molar-refractivity contribution in [2.75, 3.05) is 12.0 Å². The van der Waals surface area contributed by atoms with E-state index in [4.69, 9.17) is 0 Å². The SMILES string of the molecule is CSCC(CC(C)c1ccccc1)P(=O)(O)O. The Morgan fingerprint density at radius 1 is 1.29 bits per heavy atom. The first kappa shape index (κ1) is 14.8. The molecular formula is C12H19O3PS. The summed E-state index contributed by atoms with van der Waals surface area (Å²) < 4.78 is 11.4. The maximum absolute atomic E-state index is 11.4. The lowest BCUT2D eigenvalue weighted by Crippen LogP contribution is -2.15. The van der Waals surface area contributed by atoms with E-state index in [9.17, 15) is 14.4 Å². The Kier molecular flexibility index (Phi) is 5.74. The number of thioether (sulfide) groups is 1. The van der Waals surface area contributed by atoms with Gasteiger partial charge < -0.3 is 9.79 Å². The van der Waals surface area contributed by atoms with Crippen molar-refractivity contribution in [3.8, 4) is 0 Å². The molecule has 2 N–H and O–H groups in total. The van der Waals surface area contributed by atoms with Crippen molar-refractivity contribution in [3.63, 3.8) is 0 Å². The molecule has 0 heterocycles. The van der Waals surface area contributed by atoms with Gasteiger partial charge in [0.15, 0.2) is 0 Å². The molecule has 3 nitrogen and oxygen atoms in total. The van der Waals surface area contributed by atoms with Gasteiger partial charge in [-0.25, -0.2) is 0 Å². The van der Waals surface area contributed by atoms with E-state index in [1.807, 2.05) is 43.5 Å². The smallest absolute Gasteiger partial charge is 0.324 e. The maximum Gasteiger partial charge on any atom is 0.329 e. The third-order valence-corrected chi connectivity index (χ3v) is 5.16. The Balaban J connectivity index is 2.71. The van der Waals surface area contributed by atoms with Gasteiger partial charge in [0.1, 0.15) is 0 Å². The third-order valence-electron chi connectivity index (χ3n) is 2.83. The quantitative estimate of drug-likeness (QED) is 0.783. The molecule has 96 valence electrons. The Labute approximate surface area is 107 Å². The summed E-state index contributed by atoms with van der Waals surface area (Å²) in [6, 6.07) is 9.85. The topological polar surface area (TPSA) is 57.5 Å². The standard InChI is InChI=1S/C12H19O3PS/c1-10(11-6-4-3-5-7-11)8-12(9-17-2)16(13,14)15/h3-7,10,12H,8-9H2,1-2H3,(H2,13,14,15). The monoisotopic (exact) mass is 274 g/mol. The summed E-state index contributed by atoms with van der Waals surface area (Å²) in [7, 11) is -3.99. The van der Waals surface area contributed by atoms with Crippen LogP contribution in [0.15, 0.2) is 30.3 Å². The molecule has 5 heteroatoms. The van der Waals surface area contributed by atoms with E-state index in [0.29, 0.717) is 12.2 Å². The van der Waals surface area contributed by atoms with Crippen molar-refractivity contribution in [1.29, 1.82) is 0 Å². The predicted molar refractivity (Wildman–Crippen MR) is 73.7 cm³/mol. The fourth-order valence-corrected chi connectivity index (χ4v) is 4.16. The average molecular weight is 274 g/mol. The van der Waals surface area contributed by atoms with Crippen molar-refractivity contribution in [1.82, 2.24) is 0 Å². The zero-order valence-electron chi connectivity index (χ0n) is 10.1. The second kappa shape index (κ2) is 6.60. The molecule has 0 amide bonds. The van der Waals surface area contributed by atoms with Crippen molar-refractivity contribution in [3.05, 3.63) is 35.9 Å². The van der Waals surface area contributed by atoms with Gasteiger partial charge >= 0.3 is 7.60 Å². The number of hydrogen-bond acceptors (Lipinski definition) is 2. The Bertz CT molecular complexity index is 377. The van der Waals surface area contributed by atoms with Gasteiger partial charge in [-0.15, -0.1) is 0 Å². The minimum absolute atomic E-state index is 0.168. The fourth-order valence-electron chi connectivity index (χ4n) is 1.82. The molecule has 0 fully saturated rings. The summed E-state index contributed by atoms with van der Waals surface area (Å²) in [6.45, 7) is 2.01. The first-order valence-electron chi connectivity index (χ1n) is 5.54. The van der Waals surface area contributed by atoms with Crippen LogP contribution in [0.25, 0.3) is 0 Å². The van der Waals surface area contributed by atoms with Crippen molar-refractivity contribution < 1.29 is 14.4 Å². The summed E-state index contributed by atoms with van der Waals surface area (Å²) in [5.74, 6) is 0.669. The summed E-state index contributed by atoms with van der Waals surface area (Å²) in [6.07, 6.45) is 2.39. The molecule has 0 aliphatic rings. The highest BCUT2D eigenvalue weighted by Gasteiger charge is 2.29. The van der Waals surface area contributed by atoms with Crippen LogP contribution in [-0.4, -0.2) is 27.5 Å². The highest BCUT2D eigenvalue weighted by atomic mass is 32.2. The second-order valence-electron chi connectivity index (χ2n) is 4.25. The fraction of sp³-hybridized carbons (Fsp3) is 0.500. The molecule has 2 atom stereocenters. The maximum atomic E-state index is 11.4. The Morgan fingerprint density at radius 3 is 2.35 bits per heavy atom. The molecule has 0 radical (unpaired) electrons. The van der Waals surface area contributed by atoms with Crippen LogP contribution < -0.4 is 0 Å². The summed E-state index contributed by atoms with van der Waals surface area (Å²) in [5.41, 5.74) is 0.583. The minimum atomic E-state index is -3.99. The molecule has 0 spiro atoms. The summed E-state index contributed by atoms with van der Waals surface area (Å²) in [4.78, 5) is 18.6. The second-order valence-corrected chi connectivity index (χ2v) is 7.06. The van der Waals surface area contributed by atoms with Crippen LogP contribution in [0, 0.1) is 0 Å². The van der Waals surface area contributed by atoms with Crippen LogP contribution in [0.1, 0.15) is 24.8 Å². The van der Waals surface area contributed by atoms with E-state index < -0.39 is 13.3 Å². The van der Waals surface area contributed by atoms with Crippen LogP contribution >= 0.6 is 19.4 Å². The van der Waals surface area contributed by atoms with Crippen LogP contribution in [-0.2, 0) is 4.57 Å². The van der Waals surface area contributed by atoms with Gasteiger partial charge in [0.05, 0.1) is 5.66 Å². The minimum Gasteiger partial charge on any atom is -0.324 e. The lowest BCUT2D eigenvalue weighted by molar-refractivity contribution is 0.356. The zero-order valence-corrected chi connectivity index (χ0v) is 11.8. The average Bonchev–Trinajstić information content (AvgIpc) is 2.28. The first-order valence-corrected chi connectivity index (χ1v) is 8.61. The summed E-state index contributed by atoms with van der Waals surface area (Å²) >= 11 is 1.48. The van der Waals surface area contributed by atoms with Crippen LogP contribution in [0.3, 0.4) is 0 Å². The van der Waals surface area contributed by atoms with E-state index >= 15 is 0 Å². The Hall–Kier alpha value is -0.280. The molecule has 1 rings (SSSR count). The summed E-state index contributed by atoms with van der Waals surface area (Å²) in [5, 5.41) is 0. The number of hydrogen-bond donors (Lipinski definition) is 2. The van der Waals surface area contributed by atoms with Crippen LogP contribution in [0.2, 0.25) is 0 Å². The number of benzene rings is 1. The molecule has 1 aromatic carbocycles. The van der Waals surface area contributed by atoms with Crippen molar-refractivity contribution in [2.45, 2.75) is 24.9 Å². The largest absolute Gasteiger partial charge is 0.329 e. The zero-order chi connectivity index (χ0) is 12.9. The molecule has 0 saturated heterocycles. The lowest BCUT2D eigenvalue weighted by atomic mass is 9.96. The van der Waals surface area contributed by atoms with Gasteiger partial charge in [-0.1, -0.05) is 37.3 Å². The van der Waals surface area contributed by atoms with Gasteiger partial charge in [0.2, 0.25) is 0 Å². The molecule has 0 aliphatic carbocycles. The first-order chi connectivity index (χ1) is 7.95. The molecule has 0 bridgehead atoms. The van der Waals surface area contributed by atoms with E-state index in [-0.39, 0.29) is 5.92 Å². The highest BCUT2D eigenvalue weighted by Crippen LogP contribution is 2.46. The van der Waals surface area contributed by atoms with E-state index in [0.717, 1.165) is 5.56 Å². The molecular weight excluding hydrogens is 255 g/mol. The normalized spacial score (nSPS) is 15.5. The van der Waals surface area contributed by atoms with Crippen molar-refractivity contribution in [2.24, 2.45) is 0 Å². The molecule has 0 aliphatic heterocycles. The van der Waals surface area contributed by atoms with E-state index in [2.05, 4.69) is 0 Å². The van der Waals surface area contributed by atoms with E-state index in [1.165, 1.54) is 11.8 Å². The van der Waals surface area contributed by atoms with Gasteiger partial charge in [0, 0.05) is 5.75 Å². The molecule has 2 unspecified atom stereocenters. The van der Waals surface area contributed by atoms with Crippen molar-refractivity contribution >= 4 is 19.4 Å². The van der Waals surface area contributed by atoms with Gasteiger partial charge in [-0.05, 0) is 24.2 Å². The molecule has 0 saturated carbocycles. The van der Waals surface area contributed by atoms with E-state index in [1.54, 1.807) is 0 Å². The third kappa shape index (κ3) is 4.84. The predicted octanol–water partition coefficient (Wildman–Crippen LogP) is 3.09. The molecule has 0 aromatic heterocycles. The van der Waals surface area contributed by atoms with Gasteiger partial charge in [0.25, 0.3) is 0 Å². The lowest BCUT2D eigenvalue weighted by Gasteiger charge is -2.21. The Morgan fingerprint density at radius 2 is 1.88 bits per heavy atom. The van der Waals surface area contributed by atoms with Crippen LogP contribution in [0.4, 0.5) is 0 Å². The van der Waals surface area contributed by atoms with Crippen LogP contribution in [0.5, 0.6) is 0 Å². The van der Waals surface area contributed by atoms with Gasteiger partial charge in [-0.2, -0.15) is 11.8 Å². The molecule has 1 aromatic rings. The highest BCUT2D eigenvalue weighted by molar-refractivity contribution is 7.98.